The van der Waals surface area contributed by atoms with Crippen LogP contribution < -0.4 is 27.0 Å². The Morgan fingerprint density at radius 3 is 1.11 bits per heavy atom. The van der Waals surface area contributed by atoms with Gasteiger partial charge in [0.25, 0.3) is 11.8 Å². The van der Waals surface area contributed by atoms with Crippen molar-refractivity contribution in [2.75, 3.05) is 19.6 Å². The summed E-state index contributed by atoms with van der Waals surface area (Å²) >= 11 is 0. The quantitative estimate of drug-likeness (QED) is 0.0501. The summed E-state index contributed by atoms with van der Waals surface area (Å²) in [6, 6.07) is 27.5. The average Bonchev–Trinajstić information content (AvgIpc) is 3.19. The van der Waals surface area contributed by atoms with Gasteiger partial charge in [0.1, 0.15) is 11.2 Å². The number of nitrogens with one attached hydrogen (secondary N) is 4. The highest BCUT2D eigenvalue weighted by Crippen LogP contribution is 2.09. The summed E-state index contributed by atoms with van der Waals surface area (Å²) in [6.45, 7) is 11.5. The first-order valence-corrected chi connectivity index (χ1v) is 20.6. The van der Waals surface area contributed by atoms with Crippen molar-refractivity contribution in [2.24, 2.45) is 5.73 Å². The van der Waals surface area contributed by atoms with Gasteiger partial charge in [-0.15, -0.1) is 0 Å². The molecule has 3 aromatic carbocycles. The van der Waals surface area contributed by atoms with Crippen molar-refractivity contribution in [3.63, 3.8) is 0 Å². The van der Waals surface area contributed by atoms with E-state index < -0.39 is 59.2 Å². The van der Waals surface area contributed by atoms with Crippen molar-refractivity contribution < 1.29 is 48.5 Å². The number of hydrogen-bond acceptors (Lipinski definition) is 9. The Balaban J connectivity index is 0.000000582. The Bertz CT molecular complexity index is 1650. The van der Waals surface area contributed by atoms with Gasteiger partial charge in [-0.05, 0) is 123 Å². The number of alkyl carbamates (subject to hydrolysis) is 2. The number of rotatable bonds is 20. The Kier molecular flexibility index (Phi) is 25.5. The summed E-state index contributed by atoms with van der Waals surface area (Å²) in [4.78, 5) is 69.6. The summed E-state index contributed by atoms with van der Waals surface area (Å²) in [6.07, 6.45) is 6.79. The SMILES string of the molecule is CC(C)(C)OC(=O)NC(C(=O)NCCCCc1ccccc1)C(=O)NCCCCc1ccccc1.CC(C)(C)OC(=O)NC(C(=O)O)C(=O)O.NCCCCc1ccccc1. The minimum absolute atomic E-state index is 0.419. The molecule has 8 N–H and O–H groups in total. The van der Waals surface area contributed by atoms with Gasteiger partial charge in [0.05, 0.1) is 0 Å². The van der Waals surface area contributed by atoms with Crippen LogP contribution in [-0.2, 0) is 47.9 Å². The molecule has 0 saturated carbocycles. The number of carboxylic acid groups (broad SMARTS) is 2. The van der Waals surface area contributed by atoms with E-state index in [1.54, 1.807) is 46.9 Å². The van der Waals surface area contributed by atoms with Crippen molar-refractivity contribution in [1.29, 1.82) is 0 Å². The standard InChI is InChI=1S/C28H39N3O4.C10H15N.C8H13NO6/c1-28(2,3)35-27(34)31-24(25(32)29-20-12-10-18-22-14-6-4-7-15-22)26(33)30-21-13-11-19-23-16-8-5-9-17-23;11-9-5-4-8-10-6-2-1-3-7-10;1-8(2,3)15-7(14)9-4(5(10)11)6(12)13/h4-9,14-17,24H,10-13,18-21H2,1-3H3,(H,29,32)(H,30,33)(H,31,34);1-3,6-7H,4-5,8-9,11H2;4H,1-3H3,(H,9,14)(H,10,11)(H,12,13). The van der Waals surface area contributed by atoms with E-state index in [2.05, 4.69) is 64.5 Å². The van der Waals surface area contributed by atoms with Gasteiger partial charge in [-0.2, -0.15) is 0 Å². The second-order valence-electron chi connectivity index (χ2n) is 16.0. The first-order valence-electron chi connectivity index (χ1n) is 20.6. The number of carbonyl (C=O) groups excluding carboxylic acids is 4. The predicted molar refractivity (Wildman–Crippen MR) is 235 cm³/mol. The van der Waals surface area contributed by atoms with Crippen LogP contribution in [0.3, 0.4) is 0 Å². The average molecular weight is 850 g/mol. The third-order valence-corrected chi connectivity index (χ3v) is 8.17. The van der Waals surface area contributed by atoms with Crippen LogP contribution in [0.25, 0.3) is 0 Å². The molecule has 3 rings (SSSR count). The zero-order valence-corrected chi connectivity index (χ0v) is 36.5. The molecule has 3 aromatic rings. The van der Waals surface area contributed by atoms with Gasteiger partial charge in [-0.25, -0.2) is 19.2 Å². The van der Waals surface area contributed by atoms with Crippen molar-refractivity contribution in [3.8, 4) is 0 Å². The number of ether oxygens (including phenoxy) is 2. The Morgan fingerprint density at radius 1 is 0.508 bits per heavy atom. The third kappa shape index (κ3) is 27.4. The lowest BCUT2D eigenvalue weighted by Crippen LogP contribution is -2.56. The van der Waals surface area contributed by atoms with E-state index in [0.717, 1.165) is 57.9 Å². The van der Waals surface area contributed by atoms with Gasteiger partial charge in [0, 0.05) is 13.1 Å². The first-order chi connectivity index (χ1) is 28.8. The highest BCUT2D eigenvalue weighted by atomic mass is 16.6. The summed E-state index contributed by atoms with van der Waals surface area (Å²) in [7, 11) is 0. The molecule has 0 aliphatic heterocycles. The molecule has 336 valence electrons. The number of benzene rings is 3. The molecule has 0 bridgehead atoms. The van der Waals surface area contributed by atoms with Crippen LogP contribution >= 0.6 is 0 Å². The van der Waals surface area contributed by atoms with Crippen molar-refractivity contribution in [1.82, 2.24) is 21.3 Å². The molecule has 4 amide bonds. The zero-order chi connectivity index (χ0) is 45.7. The highest BCUT2D eigenvalue weighted by molar-refractivity contribution is 6.06. The smallest absolute Gasteiger partial charge is 0.408 e. The molecule has 0 fully saturated rings. The monoisotopic (exact) mass is 849 g/mol. The summed E-state index contributed by atoms with van der Waals surface area (Å²) < 4.78 is 9.93. The van der Waals surface area contributed by atoms with E-state index in [-0.39, 0.29) is 0 Å². The molecule has 0 aliphatic rings. The Hall–Kier alpha value is -5.96. The number of amides is 4. The Labute approximate surface area is 360 Å². The van der Waals surface area contributed by atoms with Crippen molar-refractivity contribution in [2.45, 2.75) is 123 Å². The maximum Gasteiger partial charge on any atom is 0.408 e. The second-order valence-corrected chi connectivity index (χ2v) is 16.0. The number of aryl methyl sites for hydroxylation is 3. The molecule has 0 spiro atoms. The molecular formula is C46H67N5O10. The largest absolute Gasteiger partial charge is 0.479 e. The van der Waals surface area contributed by atoms with Crippen LogP contribution in [0.1, 0.15) is 96.8 Å². The minimum Gasteiger partial charge on any atom is -0.479 e. The minimum atomic E-state index is -2.00. The van der Waals surface area contributed by atoms with E-state index in [9.17, 15) is 28.8 Å². The number of carbonyl (C=O) groups is 6. The van der Waals surface area contributed by atoms with Crippen LogP contribution in [-0.4, -0.2) is 89.1 Å². The summed E-state index contributed by atoms with van der Waals surface area (Å²) in [5.74, 6) is -4.41. The number of carboxylic acids is 2. The van der Waals surface area contributed by atoms with Gasteiger partial charge in [0.15, 0.2) is 6.04 Å². The fraction of sp³-hybridized carbons (Fsp3) is 0.478. The molecule has 0 atom stereocenters. The van der Waals surface area contributed by atoms with E-state index in [1.165, 1.54) is 23.1 Å². The van der Waals surface area contributed by atoms with Gasteiger partial charge in [0.2, 0.25) is 6.04 Å². The number of nitrogens with two attached hydrogens (primary N) is 1. The number of unbranched alkanes of at least 4 members (excludes halogenated alkanes) is 3. The molecule has 0 aliphatic carbocycles. The highest BCUT2D eigenvalue weighted by Gasteiger charge is 2.31. The molecule has 0 heterocycles. The van der Waals surface area contributed by atoms with Gasteiger partial charge < -0.3 is 41.4 Å². The van der Waals surface area contributed by atoms with Gasteiger partial charge in [-0.3, -0.25) is 14.9 Å². The van der Waals surface area contributed by atoms with Crippen molar-refractivity contribution >= 4 is 35.9 Å². The van der Waals surface area contributed by atoms with E-state index >= 15 is 0 Å². The second kappa shape index (κ2) is 29.3. The molecule has 0 radical (unpaired) electrons. The summed E-state index contributed by atoms with van der Waals surface area (Å²) in [5.41, 5.74) is 7.75. The fourth-order valence-electron chi connectivity index (χ4n) is 5.27. The predicted octanol–water partition coefficient (Wildman–Crippen LogP) is 6.17. The Morgan fingerprint density at radius 2 is 0.820 bits per heavy atom. The molecule has 0 unspecified atom stereocenters. The summed E-state index contributed by atoms with van der Waals surface area (Å²) in [5, 5.41) is 26.6. The molecule has 0 aromatic heterocycles. The molecule has 61 heavy (non-hydrogen) atoms. The van der Waals surface area contributed by atoms with E-state index in [1.807, 2.05) is 42.5 Å². The fourth-order valence-corrected chi connectivity index (χ4v) is 5.27. The third-order valence-electron chi connectivity index (χ3n) is 8.17. The van der Waals surface area contributed by atoms with Gasteiger partial charge >= 0.3 is 24.1 Å². The molecule has 15 nitrogen and oxygen atoms in total. The first kappa shape index (κ1) is 53.1. The van der Waals surface area contributed by atoms with Crippen LogP contribution in [0.4, 0.5) is 9.59 Å². The van der Waals surface area contributed by atoms with Crippen LogP contribution in [0, 0.1) is 0 Å². The maximum absolute atomic E-state index is 12.8. The van der Waals surface area contributed by atoms with Crippen LogP contribution in [0.2, 0.25) is 0 Å². The van der Waals surface area contributed by atoms with Crippen LogP contribution in [0.15, 0.2) is 91.0 Å². The topological polar surface area (TPSA) is 235 Å². The zero-order valence-electron chi connectivity index (χ0n) is 36.5. The lowest BCUT2D eigenvalue weighted by Gasteiger charge is -2.23. The molecule has 15 heteroatoms. The van der Waals surface area contributed by atoms with Crippen molar-refractivity contribution in [3.05, 3.63) is 108 Å². The number of hydrogen-bond donors (Lipinski definition) is 7. The lowest BCUT2D eigenvalue weighted by atomic mass is 10.1. The normalized spacial score (nSPS) is 10.8. The lowest BCUT2D eigenvalue weighted by molar-refractivity contribution is -0.151. The van der Waals surface area contributed by atoms with Gasteiger partial charge in [-0.1, -0.05) is 91.0 Å². The molecular weight excluding hydrogens is 783 g/mol. The van der Waals surface area contributed by atoms with E-state index in [0.29, 0.717) is 13.1 Å². The van der Waals surface area contributed by atoms with Crippen LogP contribution in [0.5, 0.6) is 0 Å². The molecule has 0 saturated heterocycles. The maximum atomic E-state index is 12.8. The number of aliphatic carboxylic acids is 2. The van der Waals surface area contributed by atoms with E-state index in [4.69, 9.17) is 25.4 Å².